The van der Waals surface area contributed by atoms with Crippen LogP contribution in [0.1, 0.15) is 29.2 Å². The second-order valence-electron chi connectivity index (χ2n) is 4.98. The number of benzene rings is 1. The minimum absolute atomic E-state index is 0.0948. The van der Waals surface area contributed by atoms with Crippen molar-refractivity contribution < 1.29 is 19.5 Å². The summed E-state index contributed by atoms with van der Waals surface area (Å²) in [6.45, 7) is 0. The Hall–Kier alpha value is -2.70. The van der Waals surface area contributed by atoms with Crippen molar-refractivity contribution in [3.63, 3.8) is 0 Å². The van der Waals surface area contributed by atoms with Gasteiger partial charge in [0.1, 0.15) is 6.04 Å². The Morgan fingerprint density at radius 1 is 1.38 bits per heavy atom. The van der Waals surface area contributed by atoms with Crippen molar-refractivity contribution in [2.24, 2.45) is 0 Å². The lowest BCUT2D eigenvalue weighted by Gasteiger charge is -2.28. The summed E-state index contributed by atoms with van der Waals surface area (Å²) in [4.78, 5) is 40.4. The van der Waals surface area contributed by atoms with Crippen LogP contribution in [0, 0.1) is 0 Å². The molecule has 108 valence electrons. The number of imide groups is 1. The number of likely N-dealkylation sites (tertiary alicyclic amines) is 1. The molecule has 0 bridgehead atoms. The molecule has 0 saturated carbocycles. The van der Waals surface area contributed by atoms with Crippen LogP contribution >= 0.6 is 0 Å². The Morgan fingerprint density at radius 2 is 2.14 bits per heavy atom. The predicted molar refractivity (Wildman–Crippen MR) is 72.7 cm³/mol. The van der Waals surface area contributed by atoms with Gasteiger partial charge in [0.2, 0.25) is 5.91 Å². The van der Waals surface area contributed by atoms with Crippen molar-refractivity contribution in [3.8, 4) is 0 Å². The number of carbonyl (C=O) groups is 3. The van der Waals surface area contributed by atoms with Crippen LogP contribution in [0.2, 0.25) is 0 Å². The summed E-state index contributed by atoms with van der Waals surface area (Å²) in [6.07, 6.45) is 2.06. The molecule has 1 aromatic carbocycles. The van der Waals surface area contributed by atoms with Crippen LogP contribution in [-0.2, 0) is 9.59 Å². The average molecular weight is 287 g/mol. The molecular weight excluding hydrogens is 274 g/mol. The van der Waals surface area contributed by atoms with E-state index in [1.807, 2.05) is 0 Å². The van der Waals surface area contributed by atoms with Crippen molar-refractivity contribution in [1.82, 2.24) is 14.5 Å². The molecule has 1 aliphatic heterocycles. The summed E-state index contributed by atoms with van der Waals surface area (Å²) in [7, 11) is 1.44. The van der Waals surface area contributed by atoms with Gasteiger partial charge in [-0.25, -0.2) is 9.78 Å². The van der Waals surface area contributed by atoms with Gasteiger partial charge in [-0.2, -0.15) is 0 Å². The zero-order valence-corrected chi connectivity index (χ0v) is 11.3. The van der Waals surface area contributed by atoms with Crippen LogP contribution in [0.5, 0.6) is 0 Å². The number of aromatic nitrogens is 2. The van der Waals surface area contributed by atoms with Gasteiger partial charge in [0.25, 0.3) is 5.91 Å². The molecule has 0 spiro atoms. The Morgan fingerprint density at radius 3 is 2.86 bits per heavy atom. The van der Waals surface area contributed by atoms with Crippen molar-refractivity contribution >= 4 is 28.8 Å². The van der Waals surface area contributed by atoms with Crippen molar-refractivity contribution in [2.45, 2.75) is 18.9 Å². The predicted octanol–water partition coefficient (Wildman–Crippen LogP) is 1.05. The Bertz CT molecular complexity index is 765. The van der Waals surface area contributed by atoms with E-state index in [1.54, 1.807) is 16.7 Å². The monoisotopic (exact) mass is 287 g/mol. The maximum atomic E-state index is 12.3. The topological polar surface area (TPSA) is 92.5 Å². The van der Waals surface area contributed by atoms with Gasteiger partial charge in [0, 0.05) is 13.5 Å². The number of nitrogens with zero attached hydrogens (tertiary/aromatic N) is 3. The first-order valence-corrected chi connectivity index (χ1v) is 6.50. The van der Waals surface area contributed by atoms with Gasteiger partial charge in [-0.05, 0) is 18.6 Å². The van der Waals surface area contributed by atoms with Crippen LogP contribution < -0.4 is 0 Å². The highest BCUT2D eigenvalue weighted by Gasteiger charge is 2.34. The van der Waals surface area contributed by atoms with E-state index in [4.69, 9.17) is 0 Å². The first-order valence-electron chi connectivity index (χ1n) is 6.50. The third-order valence-electron chi connectivity index (χ3n) is 3.78. The number of hydrogen-bond donors (Lipinski definition) is 1. The van der Waals surface area contributed by atoms with Crippen LogP contribution in [0.15, 0.2) is 24.5 Å². The number of para-hydroxylation sites is 1. The molecule has 1 atom stereocenters. The second-order valence-corrected chi connectivity index (χ2v) is 4.98. The molecule has 0 radical (unpaired) electrons. The van der Waals surface area contributed by atoms with E-state index in [1.165, 1.54) is 19.4 Å². The van der Waals surface area contributed by atoms with E-state index in [9.17, 15) is 19.5 Å². The Balaban J connectivity index is 2.15. The number of carbonyl (C=O) groups excluding carboxylic acids is 2. The number of fused-ring (bicyclic) bond motifs is 1. The molecular formula is C14H13N3O4. The number of aromatic carboxylic acids is 1. The summed E-state index contributed by atoms with van der Waals surface area (Å²) in [5, 5.41) is 9.29. The highest BCUT2D eigenvalue weighted by Crippen LogP contribution is 2.28. The number of amides is 2. The van der Waals surface area contributed by atoms with Crippen LogP contribution in [-0.4, -0.2) is 44.4 Å². The van der Waals surface area contributed by atoms with Crippen molar-refractivity contribution in [3.05, 3.63) is 30.1 Å². The lowest BCUT2D eigenvalue weighted by molar-refractivity contribution is -0.149. The maximum absolute atomic E-state index is 12.3. The smallest absolute Gasteiger partial charge is 0.337 e. The Labute approximate surface area is 119 Å². The van der Waals surface area contributed by atoms with E-state index in [0.717, 1.165) is 4.90 Å². The fourth-order valence-electron chi connectivity index (χ4n) is 2.65. The van der Waals surface area contributed by atoms with E-state index in [0.29, 0.717) is 17.5 Å². The standard InChI is InChI=1S/C14H13N3O4/c1-16-11(18)6-5-10(13(16)19)17-7-15-9-4-2-3-8(12(9)17)14(20)21/h2-4,7,10H,5-6H2,1H3,(H,20,21). The van der Waals surface area contributed by atoms with Gasteiger partial charge in [0.05, 0.1) is 22.9 Å². The third kappa shape index (κ3) is 1.97. The van der Waals surface area contributed by atoms with Gasteiger partial charge in [-0.3, -0.25) is 14.5 Å². The highest BCUT2D eigenvalue weighted by atomic mass is 16.4. The number of hydrogen-bond acceptors (Lipinski definition) is 4. The normalized spacial score (nSPS) is 19.3. The first kappa shape index (κ1) is 13.3. The Kier molecular flexibility index (Phi) is 2.97. The zero-order chi connectivity index (χ0) is 15.1. The average Bonchev–Trinajstić information content (AvgIpc) is 2.88. The van der Waals surface area contributed by atoms with Crippen molar-refractivity contribution in [1.29, 1.82) is 0 Å². The third-order valence-corrected chi connectivity index (χ3v) is 3.78. The molecule has 3 rings (SSSR count). The lowest BCUT2D eigenvalue weighted by Crippen LogP contribution is -2.43. The molecule has 7 heteroatoms. The molecule has 1 N–H and O–H groups in total. The molecule has 1 saturated heterocycles. The summed E-state index contributed by atoms with van der Waals surface area (Å²) >= 11 is 0. The summed E-state index contributed by atoms with van der Waals surface area (Å²) in [6, 6.07) is 4.19. The molecule has 2 aromatic rings. The quantitative estimate of drug-likeness (QED) is 0.833. The minimum atomic E-state index is -1.07. The fourth-order valence-corrected chi connectivity index (χ4v) is 2.65. The fraction of sp³-hybridized carbons (Fsp3) is 0.286. The van der Waals surface area contributed by atoms with E-state index in [2.05, 4.69) is 4.98 Å². The van der Waals surface area contributed by atoms with Gasteiger partial charge < -0.3 is 9.67 Å². The molecule has 1 aliphatic rings. The number of imidazole rings is 1. The molecule has 0 aliphatic carbocycles. The molecule has 21 heavy (non-hydrogen) atoms. The van der Waals surface area contributed by atoms with Crippen molar-refractivity contribution in [2.75, 3.05) is 7.05 Å². The zero-order valence-electron chi connectivity index (χ0n) is 11.3. The summed E-state index contributed by atoms with van der Waals surface area (Å²) in [5.74, 6) is -1.64. The van der Waals surface area contributed by atoms with Gasteiger partial charge in [0.15, 0.2) is 0 Å². The number of rotatable bonds is 2. The molecule has 1 fully saturated rings. The first-order chi connectivity index (χ1) is 10.0. The SMILES string of the molecule is CN1C(=O)CCC(n2cnc3cccc(C(=O)O)c32)C1=O. The highest BCUT2D eigenvalue weighted by molar-refractivity contribution is 6.03. The van der Waals surface area contributed by atoms with Crippen LogP contribution in [0.3, 0.4) is 0 Å². The second kappa shape index (κ2) is 4.69. The number of piperidine rings is 1. The molecule has 7 nitrogen and oxygen atoms in total. The van der Waals surface area contributed by atoms with E-state index < -0.39 is 12.0 Å². The van der Waals surface area contributed by atoms with Gasteiger partial charge in [-0.1, -0.05) is 6.07 Å². The summed E-state index contributed by atoms with van der Waals surface area (Å²) in [5.41, 5.74) is 1.02. The van der Waals surface area contributed by atoms with E-state index in [-0.39, 0.29) is 23.8 Å². The summed E-state index contributed by atoms with van der Waals surface area (Å²) < 4.78 is 1.56. The minimum Gasteiger partial charge on any atom is -0.478 e. The van der Waals surface area contributed by atoms with Gasteiger partial charge >= 0.3 is 5.97 Å². The molecule has 1 unspecified atom stereocenters. The van der Waals surface area contributed by atoms with E-state index >= 15 is 0 Å². The van der Waals surface area contributed by atoms with Crippen LogP contribution in [0.4, 0.5) is 0 Å². The number of carboxylic acid groups (broad SMARTS) is 1. The molecule has 2 heterocycles. The molecule has 2 amide bonds. The lowest BCUT2D eigenvalue weighted by atomic mass is 10.0. The molecule has 1 aromatic heterocycles. The number of carboxylic acids is 1. The maximum Gasteiger partial charge on any atom is 0.337 e. The van der Waals surface area contributed by atoms with Gasteiger partial charge in [-0.15, -0.1) is 0 Å². The largest absolute Gasteiger partial charge is 0.478 e. The van der Waals surface area contributed by atoms with Crippen LogP contribution in [0.25, 0.3) is 11.0 Å². The number of likely N-dealkylation sites (N-methyl/N-ethyl adjacent to an activating group) is 1.